The molecule has 0 aliphatic heterocycles. The highest BCUT2D eigenvalue weighted by Crippen LogP contribution is 2.52. The molecular formula is C28H41F3O2S. The van der Waals surface area contributed by atoms with Gasteiger partial charge in [-0.15, -0.1) is 0 Å². The van der Waals surface area contributed by atoms with E-state index in [4.69, 9.17) is 0 Å². The second kappa shape index (κ2) is 13.2. The minimum absolute atomic E-state index is 0.0178. The molecule has 0 bridgehead atoms. The van der Waals surface area contributed by atoms with Gasteiger partial charge in [-0.3, -0.25) is 4.79 Å². The number of aliphatic carboxylic acids is 1. The number of benzene rings is 1. The molecule has 0 unspecified atom stereocenters. The van der Waals surface area contributed by atoms with Crippen molar-refractivity contribution >= 4 is 17.7 Å². The van der Waals surface area contributed by atoms with E-state index in [-0.39, 0.29) is 28.0 Å². The van der Waals surface area contributed by atoms with Crippen LogP contribution >= 0.6 is 11.8 Å². The first-order chi connectivity index (χ1) is 16.4. The van der Waals surface area contributed by atoms with Crippen LogP contribution in [0, 0.1) is 23.6 Å². The van der Waals surface area contributed by atoms with Gasteiger partial charge in [0, 0.05) is 4.90 Å². The Morgan fingerprint density at radius 1 is 1.03 bits per heavy atom. The number of halogens is 3. The largest absolute Gasteiger partial charge is 0.481 e. The van der Waals surface area contributed by atoms with Gasteiger partial charge in [-0.1, -0.05) is 82.5 Å². The molecule has 192 valence electrons. The Bertz CT molecular complexity index is 769. The van der Waals surface area contributed by atoms with Crippen molar-refractivity contribution in [2.45, 2.75) is 119 Å². The van der Waals surface area contributed by atoms with Gasteiger partial charge in [0.2, 0.25) is 0 Å². The van der Waals surface area contributed by atoms with Gasteiger partial charge in [-0.2, -0.15) is 8.78 Å². The van der Waals surface area contributed by atoms with Gasteiger partial charge in [0.25, 0.3) is 5.76 Å². The third-order valence-electron chi connectivity index (χ3n) is 8.54. The van der Waals surface area contributed by atoms with Crippen molar-refractivity contribution in [3.05, 3.63) is 29.6 Å². The first-order valence-electron chi connectivity index (χ1n) is 13.3. The van der Waals surface area contributed by atoms with Crippen LogP contribution < -0.4 is 0 Å². The quantitative estimate of drug-likeness (QED) is 0.230. The maximum atomic E-state index is 14.8. The zero-order chi connectivity index (χ0) is 24.6. The summed E-state index contributed by atoms with van der Waals surface area (Å²) in [5, 5.41) is 9.51. The van der Waals surface area contributed by atoms with E-state index in [2.05, 4.69) is 6.92 Å². The average Bonchev–Trinajstić information content (AvgIpc) is 2.82. The second-order valence-corrected chi connectivity index (χ2v) is 11.6. The summed E-state index contributed by atoms with van der Waals surface area (Å²) in [4.78, 5) is 11.6. The molecule has 3 rings (SSSR count). The summed E-state index contributed by atoms with van der Waals surface area (Å²) < 4.78 is 40.3. The van der Waals surface area contributed by atoms with Crippen LogP contribution in [-0.2, 0) is 10.2 Å². The molecule has 0 radical (unpaired) electrons. The number of carboxylic acid groups (broad SMARTS) is 1. The van der Waals surface area contributed by atoms with Crippen LogP contribution in [0.4, 0.5) is 13.2 Å². The van der Waals surface area contributed by atoms with Crippen LogP contribution in [0.25, 0.3) is 0 Å². The minimum atomic E-state index is -2.65. The highest BCUT2D eigenvalue weighted by Gasteiger charge is 2.45. The highest BCUT2D eigenvalue weighted by atomic mass is 32.2. The van der Waals surface area contributed by atoms with E-state index in [0.29, 0.717) is 18.8 Å². The zero-order valence-electron chi connectivity index (χ0n) is 20.5. The van der Waals surface area contributed by atoms with Crippen molar-refractivity contribution in [1.29, 1.82) is 0 Å². The van der Waals surface area contributed by atoms with Gasteiger partial charge in [-0.25, -0.2) is 4.39 Å². The lowest BCUT2D eigenvalue weighted by Crippen LogP contribution is -2.42. The molecule has 1 aromatic carbocycles. The van der Waals surface area contributed by atoms with Crippen molar-refractivity contribution in [2.24, 2.45) is 17.8 Å². The van der Waals surface area contributed by atoms with Crippen molar-refractivity contribution in [2.75, 3.05) is 0 Å². The first kappa shape index (κ1) is 27.4. The van der Waals surface area contributed by atoms with Crippen LogP contribution in [0.1, 0.15) is 109 Å². The maximum absolute atomic E-state index is 14.8. The molecule has 1 aromatic rings. The molecule has 6 heteroatoms. The van der Waals surface area contributed by atoms with Gasteiger partial charge in [0.15, 0.2) is 0 Å². The fraction of sp³-hybridized carbons (Fsp3) is 0.750. The van der Waals surface area contributed by atoms with Crippen LogP contribution in [0.2, 0.25) is 0 Å². The Hall–Kier alpha value is -1.17. The minimum Gasteiger partial charge on any atom is -0.481 e. The van der Waals surface area contributed by atoms with E-state index in [9.17, 15) is 23.1 Å². The third-order valence-corrected chi connectivity index (χ3v) is 9.31. The van der Waals surface area contributed by atoms with E-state index < -0.39 is 17.5 Å². The molecule has 2 nitrogen and oxygen atoms in total. The van der Waals surface area contributed by atoms with Crippen molar-refractivity contribution in [3.8, 4) is 0 Å². The lowest BCUT2D eigenvalue weighted by atomic mass is 9.56. The number of hydrogen-bond donors (Lipinski definition) is 1. The number of hydrogen-bond acceptors (Lipinski definition) is 2. The van der Waals surface area contributed by atoms with Crippen LogP contribution in [0.3, 0.4) is 0 Å². The zero-order valence-corrected chi connectivity index (χ0v) is 21.4. The summed E-state index contributed by atoms with van der Waals surface area (Å²) >= 11 is 0.247. The smallest absolute Gasteiger partial charge is 0.306 e. The fourth-order valence-electron chi connectivity index (χ4n) is 6.53. The molecule has 0 heterocycles. The topological polar surface area (TPSA) is 37.3 Å². The summed E-state index contributed by atoms with van der Waals surface area (Å²) in [5.74, 6) is -3.16. The van der Waals surface area contributed by atoms with Gasteiger partial charge in [-0.05, 0) is 73.5 Å². The van der Waals surface area contributed by atoms with E-state index in [1.165, 1.54) is 69.9 Å². The molecular weight excluding hydrogens is 457 g/mol. The van der Waals surface area contributed by atoms with E-state index in [0.717, 1.165) is 37.2 Å². The van der Waals surface area contributed by atoms with Gasteiger partial charge < -0.3 is 5.11 Å². The van der Waals surface area contributed by atoms with Crippen LogP contribution in [0.15, 0.2) is 23.1 Å². The Kier molecular flexibility index (Phi) is 10.7. The van der Waals surface area contributed by atoms with Crippen molar-refractivity contribution in [3.63, 3.8) is 0 Å². The summed E-state index contributed by atoms with van der Waals surface area (Å²) in [7, 11) is 0. The number of rotatable bonds is 12. The summed E-state index contributed by atoms with van der Waals surface area (Å²) in [6, 6.07) is 4.79. The number of carboxylic acids is 1. The average molecular weight is 499 g/mol. The van der Waals surface area contributed by atoms with Crippen molar-refractivity contribution in [1.82, 2.24) is 0 Å². The maximum Gasteiger partial charge on any atom is 0.306 e. The molecule has 0 saturated heterocycles. The lowest BCUT2D eigenvalue weighted by Gasteiger charge is -2.48. The van der Waals surface area contributed by atoms with Crippen molar-refractivity contribution < 1.29 is 23.1 Å². The van der Waals surface area contributed by atoms with Gasteiger partial charge in [0.05, 0.1) is 5.92 Å². The lowest BCUT2D eigenvalue weighted by molar-refractivity contribution is -0.143. The molecule has 2 fully saturated rings. The highest BCUT2D eigenvalue weighted by molar-refractivity contribution is 7.99. The molecule has 2 aliphatic carbocycles. The molecule has 0 amide bonds. The number of unbranched alkanes of at least 4 members (excludes halogenated alkanes) is 5. The molecule has 2 saturated carbocycles. The number of thioether (sulfide) groups is 1. The normalized spacial score (nSPS) is 27.7. The van der Waals surface area contributed by atoms with E-state index in [1.54, 1.807) is 0 Å². The van der Waals surface area contributed by atoms with Gasteiger partial charge in [0.1, 0.15) is 5.82 Å². The Labute approximate surface area is 207 Å². The molecule has 2 aliphatic rings. The second-order valence-electron chi connectivity index (χ2n) is 10.6. The SMILES string of the molecule is CCCCCCCCC1CCC(C2(c3ccc(SC(F)F)c(F)c3)CCC(C(=O)O)CC2)CC1. The molecule has 0 spiro atoms. The van der Waals surface area contributed by atoms with Crippen LogP contribution in [0.5, 0.6) is 0 Å². The van der Waals surface area contributed by atoms with Gasteiger partial charge >= 0.3 is 5.97 Å². The Balaban J connectivity index is 1.67. The molecule has 1 N–H and O–H groups in total. The summed E-state index contributed by atoms with van der Waals surface area (Å²) in [5.41, 5.74) is 0.637. The number of carbonyl (C=O) groups is 1. The van der Waals surface area contributed by atoms with E-state index >= 15 is 0 Å². The molecule has 0 atom stereocenters. The summed E-state index contributed by atoms with van der Waals surface area (Å²) in [6.07, 6.45) is 16.4. The fourth-order valence-corrected chi connectivity index (χ4v) is 7.04. The third kappa shape index (κ3) is 7.18. The monoisotopic (exact) mass is 498 g/mol. The number of alkyl halides is 2. The Morgan fingerprint density at radius 2 is 1.68 bits per heavy atom. The van der Waals surface area contributed by atoms with E-state index in [1.807, 2.05) is 6.07 Å². The predicted molar refractivity (Wildman–Crippen MR) is 133 cm³/mol. The first-order valence-corrected chi connectivity index (χ1v) is 14.2. The summed E-state index contributed by atoms with van der Waals surface area (Å²) in [6.45, 7) is 2.24. The standard InChI is InChI=1S/C28H41F3O2S/c1-2-3-4-5-6-7-8-20-9-11-22(12-10-20)28(17-15-21(16-18-28)26(32)33)23-13-14-25(24(29)19-23)34-27(30)31/h13-14,19-22,27H,2-12,15-18H2,1H3,(H,32,33). The molecule has 34 heavy (non-hydrogen) atoms. The Morgan fingerprint density at radius 3 is 2.26 bits per heavy atom. The van der Waals surface area contributed by atoms with Crippen LogP contribution in [-0.4, -0.2) is 16.8 Å². The predicted octanol–water partition coefficient (Wildman–Crippen LogP) is 9.21. The molecule has 0 aromatic heterocycles.